The summed E-state index contributed by atoms with van der Waals surface area (Å²) in [7, 11) is 0. The molecule has 156 valence electrons. The van der Waals surface area contributed by atoms with Gasteiger partial charge in [-0.2, -0.15) is 0 Å². The molecule has 0 saturated carbocycles. The highest BCUT2D eigenvalue weighted by Gasteiger charge is 2.61. The zero-order valence-electron chi connectivity index (χ0n) is 16.6. The van der Waals surface area contributed by atoms with Crippen LogP contribution in [-0.2, 0) is 21.0 Å². The van der Waals surface area contributed by atoms with Gasteiger partial charge in [-0.25, -0.2) is 4.39 Å². The highest BCUT2D eigenvalue weighted by molar-refractivity contribution is 8.02. The fraction of sp³-hybridized carbons (Fsp3) is 0.167. The first kappa shape index (κ1) is 20.1. The minimum absolute atomic E-state index is 0.0848. The second kappa shape index (κ2) is 7.39. The summed E-state index contributed by atoms with van der Waals surface area (Å²) >= 11 is 7.63. The van der Waals surface area contributed by atoms with Crippen LogP contribution in [0, 0.1) is 12.7 Å². The molecule has 1 saturated heterocycles. The lowest BCUT2D eigenvalue weighted by Gasteiger charge is -2.33. The van der Waals surface area contributed by atoms with Gasteiger partial charge in [0.05, 0.1) is 18.0 Å². The van der Waals surface area contributed by atoms with Gasteiger partial charge in [0.15, 0.2) is 0 Å². The van der Waals surface area contributed by atoms with E-state index < -0.39 is 4.87 Å². The average molecular weight is 453 g/mol. The number of nitrogens with zero attached hydrogens (tertiary/aromatic N) is 2. The van der Waals surface area contributed by atoms with Crippen LogP contribution in [0.5, 0.6) is 0 Å². The molecule has 2 heterocycles. The van der Waals surface area contributed by atoms with Crippen molar-refractivity contribution in [1.29, 1.82) is 0 Å². The van der Waals surface area contributed by atoms with Crippen LogP contribution in [0.1, 0.15) is 16.7 Å². The molecule has 0 unspecified atom stereocenters. The van der Waals surface area contributed by atoms with Crippen molar-refractivity contribution in [3.05, 3.63) is 94.3 Å². The molecule has 0 N–H and O–H groups in total. The minimum atomic E-state index is -1.24. The molecular formula is C24H18ClFN2O2S. The summed E-state index contributed by atoms with van der Waals surface area (Å²) in [6.45, 7) is 1.97. The molecule has 7 heteroatoms. The van der Waals surface area contributed by atoms with Crippen molar-refractivity contribution >= 4 is 46.6 Å². The summed E-state index contributed by atoms with van der Waals surface area (Å²) in [6.07, 6.45) is 0. The Bertz CT molecular complexity index is 1230. The Hall–Kier alpha value is -2.83. The number of halogens is 2. The van der Waals surface area contributed by atoms with Crippen LogP contribution in [0.2, 0.25) is 5.02 Å². The van der Waals surface area contributed by atoms with Gasteiger partial charge < -0.3 is 4.90 Å². The zero-order chi connectivity index (χ0) is 21.8. The number of rotatable bonds is 3. The number of anilines is 2. The van der Waals surface area contributed by atoms with Crippen LogP contribution in [0.15, 0.2) is 66.7 Å². The third kappa shape index (κ3) is 2.97. The van der Waals surface area contributed by atoms with Crippen LogP contribution >= 0.6 is 23.4 Å². The molecule has 1 atom stereocenters. The first-order chi connectivity index (χ1) is 14.9. The molecule has 0 radical (unpaired) electrons. The maximum absolute atomic E-state index is 14.4. The van der Waals surface area contributed by atoms with Gasteiger partial charge in [0.1, 0.15) is 5.82 Å². The number of aryl methyl sites for hydroxylation is 1. The highest BCUT2D eigenvalue weighted by atomic mass is 35.5. The number of hydrogen-bond acceptors (Lipinski definition) is 3. The molecule has 2 aliphatic heterocycles. The largest absolute Gasteiger partial charge is 0.304 e. The molecular weight excluding hydrogens is 435 g/mol. The average Bonchev–Trinajstić information content (AvgIpc) is 3.23. The van der Waals surface area contributed by atoms with E-state index in [4.69, 9.17) is 11.6 Å². The maximum atomic E-state index is 14.4. The first-order valence-electron chi connectivity index (χ1n) is 9.81. The monoisotopic (exact) mass is 452 g/mol. The van der Waals surface area contributed by atoms with Gasteiger partial charge in [-0.3, -0.25) is 14.5 Å². The SMILES string of the molecule is Cc1ccc(N2C(=O)CS[C@@]23C(=O)N(Cc2ccccc2F)c2ccccc23)cc1Cl. The third-order valence-corrected chi connectivity index (χ3v) is 7.56. The molecule has 0 aromatic heterocycles. The summed E-state index contributed by atoms with van der Waals surface area (Å²) in [4.78, 5) is 28.9. The van der Waals surface area contributed by atoms with E-state index in [9.17, 15) is 14.0 Å². The van der Waals surface area contributed by atoms with Crippen LogP contribution in [-0.4, -0.2) is 17.6 Å². The number of amides is 2. The Balaban J connectivity index is 1.66. The summed E-state index contributed by atoms with van der Waals surface area (Å²) < 4.78 is 14.4. The van der Waals surface area contributed by atoms with Crippen molar-refractivity contribution < 1.29 is 14.0 Å². The lowest BCUT2D eigenvalue weighted by Crippen LogP contribution is -2.49. The van der Waals surface area contributed by atoms with Crippen molar-refractivity contribution in [3.8, 4) is 0 Å². The molecule has 3 aromatic rings. The number of benzene rings is 3. The predicted molar refractivity (Wildman–Crippen MR) is 122 cm³/mol. The number of hydrogen-bond donors (Lipinski definition) is 0. The normalized spacial score (nSPS) is 20.1. The van der Waals surface area contributed by atoms with E-state index in [1.54, 1.807) is 34.1 Å². The van der Waals surface area contributed by atoms with Gasteiger partial charge >= 0.3 is 0 Å². The Kier molecular flexibility index (Phi) is 4.79. The first-order valence-corrected chi connectivity index (χ1v) is 11.2. The van der Waals surface area contributed by atoms with Gasteiger partial charge in [-0.05, 0) is 36.8 Å². The van der Waals surface area contributed by atoms with Crippen molar-refractivity contribution in [2.24, 2.45) is 0 Å². The molecule has 0 aliphatic carbocycles. The van der Waals surface area contributed by atoms with Crippen molar-refractivity contribution in [3.63, 3.8) is 0 Å². The van der Waals surface area contributed by atoms with Gasteiger partial charge in [0.2, 0.25) is 10.8 Å². The predicted octanol–water partition coefficient (Wildman–Crippen LogP) is 5.27. The Morgan fingerprint density at radius 1 is 1.06 bits per heavy atom. The van der Waals surface area contributed by atoms with E-state index >= 15 is 0 Å². The van der Waals surface area contributed by atoms with Crippen molar-refractivity contribution in [2.75, 3.05) is 15.6 Å². The number of para-hydroxylation sites is 1. The van der Waals surface area contributed by atoms with Gasteiger partial charge in [0.25, 0.3) is 5.91 Å². The van der Waals surface area contributed by atoms with Crippen LogP contribution < -0.4 is 9.80 Å². The van der Waals surface area contributed by atoms with Gasteiger partial charge in [-0.15, -0.1) is 11.8 Å². The van der Waals surface area contributed by atoms with Gasteiger partial charge in [-0.1, -0.05) is 54.1 Å². The quantitative estimate of drug-likeness (QED) is 0.543. The smallest absolute Gasteiger partial charge is 0.269 e. The second-order valence-corrected chi connectivity index (χ2v) is 9.17. The lowest BCUT2D eigenvalue weighted by molar-refractivity contribution is -0.123. The minimum Gasteiger partial charge on any atom is -0.304 e. The summed E-state index contributed by atoms with van der Waals surface area (Å²) in [5.41, 5.74) is 3.28. The van der Waals surface area contributed by atoms with E-state index in [2.05, 4.69) is 0 Å². The molecule has 0 bridgehead atoms. The van der Waals surface area contributed by atoms with Crippen LogP contribution in [0.3, 0.4) is 0 Å². The summed E-state index contributed by atoms with van der Waals surface area (Å²) in [5.74, 6) is -0.629. The van der Waals surface area contributed by atoms with E-state index in [0.717, 1.165) is 11.1 Å². The number of thioether (sulfide) groups is 1. The van der Waals surface area contributed by atoms with Crippen LogP contribution in [0.4, 0.5) is 15.8 Å². The molecule has 1 spiro atoms. The highest BCUT2D eigenvalue weighted by Crippen LogP contribution is 2.56. The Labute approximate surface area is 188 Å². The van der Waals surface area contributed by atoms with Gasteiger partial charge in [0, 0.05) is 21.8 Å². The summed E-state index contributed by atoms with van der Waals surface area (Å²) in [5, 5.41) is 0.527. The number of carbonyl (C=O) groups excluding carboxylic acids is 2. The second-order valence-electron chi connectivity index (χ2n) is 7.60. The zero-order valence-corrected chi connectivity index (χ0v) is 18.2. The topological polar surface area (TPSA) is 40.6 Å². The Morgan fingerprint density at radius 3 is 2.58 bits per heavy atom. The van der Waals surface area contributed by atoms with Crippen molar-refractivity contribution in [2.45, 2.75) is 18.3 Å². The molecule has 2 aliphatic rings. The van der Waals surface area contributed by atoms with E-state index in [1.165, 1.54) is 17.8 Å². The summed E-state index contributed by atoms with van der Waals surface area (Å²) in [6, 6.07) is 19.2. The molecule has 4 nitrogen and oxygen atoms in total. The molecule has 5 rings (SSSR count). The molecule has 31 heavy (non-hydrogen) atoms. The fourth-order valence-electron chi connectivity index (χ4n) is 4.23. The number of carbonyl (C=O) groups is 2. The standard InChI is InChI=1S/C24H18ClFN2O2S/c1-15-10-11-17(12-19(15)25)28-22(29)14-31-24(28)18-7-3-5-9-21(18)27(23(24)30)13-16-6-2-4-8-20(16)26/h2-12H,13-14H2,1H3/t24-/m0/s1. The molecule has 3 aromatic carbocycles. The van der Waals surface area contributed by atoms with E-state index in [0.29, 0.717) is 22.0 Å². The van der Waals surface area contributed by atoms with Crippen molar-refractivity contribution in [1.82, 2.24) is 0 Å². The molecule has 2 amide bonds. The fourth-order valence-corrected chi connectivity index (χ4v) is 5.76. The lowest BCUT2D eigenvalue weighted by atomic mass is 10.0. The third-order valence-electron chi connectivity index (χ3n) is 5.76. The maximum Gasteiger partial charge on any atom is 0.269 e. The molecule has 1 fully saturated rings. The Morgan fingerprint density at radius 2 is 1.81 bits per heavy atom. The number of fused-ring (bicyclic) bond motifs is 2. The van der Waals surface area contributed by atoms with Crippen LogP contribution in [0.25, 0.3) is 0 Å². The van der Waals surface area contributed by atoms with E-state index in [-0.39, 0.29) is 29.9 Å². The van der Waals surface area contributed by atoms with E-state index in [1.807, 2.05) is 43.3 Å².